The van der Waals surface area contributed by atoms with Crippen molar-refractivity contribution in [3.8, 4) is 6.07 Å². The highest BCUT2D eigenvalue weighted by molar-refractivity contribution is 5.91. The van der Waals surface area contributed by atoms with Crippen LogP contribution in [0.2, 0.25) is 0 Å². The summed E-state index contributed by atoms with van der Waals surface area (Å²) < 4.78 is 0. The molecule has 1 N–H and O–H groups in total. The van der Waals surface area contributed by atoms with Crippen LogP contribution < -0.4 is 0 Å². The van der Waals surface area contributed by atoms with E-state index < -0.39 is 5.97 Å². The zero-order chi connectivity index (χ0) is 13.4. The molecule has 0 saturated carbocycles. The molecule has 18 heavy (non-hydrogen) atoms. The summed E-state index contributed by atoms with van der Waals surface area (Å²) in [6.45, 7) is 2.13. The first-order chi connectivity index (χ1) is 8.67. The van der Waals surface area contributed by atoms with Crippen LogP contribution in [0.4, 0.5) is 0 Å². The van der Waals surface area contributed by atoms with Crippen LogP contribution in [0.15, 0.2) is 42.0 Å². The van der Waals surface area contributed by atoms with E-state index in [2.05, 4.69) is 19.1 Å². The first kappa shape index (κ1) is 13.7. The second-order valence-electron chi connectivity index (χ2n) is 3.85. The third-order valence-corrected chi connectivity index (χ3v) is 2.42. The third-order valence-electron chi connectivity index (χ3n) is 2.42. The molecule has 3 heteroatoms. The number of allylic oxidation sites excluding steroid dienone is 2. The minimum absolute atomic E-state index is 0.270. The SMILES string of the molecule is CCCc1ccc(C=CC=C(C#N)C(=O)O)cc1. The van der Waals surface area contributed by atoms with E-state index in [1.807, 2.05) is 12.1 Å². The molecular formula is C15H15NO2. The third kappa shape index (κ3) is 4.26. The van der Waals surface area contributed by atoms with Crippen LogP contribution in [-0.4, -0.2) is 11.1 Å². The van der Waals surface area contributed by atoms with E-state index in [4.69, 9.17) is 10.4 Å². The van der Waals surface area contributed by atoms with Crippen LogP contribution in [0.3, 0.4) is 0 Å². The smallest absolute Gasteiger partial charge is 0.346 e. The van der Waals surface area contributed by atoms with E-state index in [9.17, 15) is 4.79 Å². The van der Waals surface area contributed by atoms with E-state index >= 15 is 0 Å². The largest absolute Gasteiger partial charge is 0.477 e. The van der Waals surface area contributed by atoms with Gasteiger partial charge in [-0.25, -0.2) is 4.79 Å². The molecule has 0 unspecified atom stereocenters. The predicted molar refractivity (Wildman–Crippen MR) is 70.8 cm³/mol. The summed E-state index contributed by atoms with van der Waals surface area (Å²) in [7, 11) is 0. The first-order valence-electron chi connectivity index (χ1n) is 5.78. The van der Waals surface area contributed by atoms with Crippen molar-refractivity contribution < 1.29 is 9.90 Å². The van der Waals surface area contributed by atoms with Gasteiger partial charge in [0, 0.05) is 0 Å². The number of rotatable bonds is 5. The van der Waals surface area contributed by atoms with Crippen LogP contribution in [0.5, 0.6) is 0 Å². The fourth-order valence-electron chi connectivity index (χ4n) is 1.50. The van der Waals surface area contributed by atoms with Gasteiger partial charge in [-0.2, -0.15) is 5.26 Å². The lowest BCUT2D eigenvalue weighted by molar-refractivity contribution is -0.132. The van der Waals surface area contributed by atoms with Gasteiger partial charge in [-0.3, -0.25) is 0 Å². The number of nitrogens with zero attached hydrogens (tertiary/aromatic N) is 1. The lowest BCUT2D eigenvalue weighted by atomic mass is 10.1. The summed E-state index contributed by atoms with van der Waals surface area (Å²) in [5, 5.41) is 17.2. The van der Waals surface area contributed by atoms with Crippen molar-refractivity contribution in [3.63, 3.8) is 0 Å². The highest BCUT2D eigenvalue weighted by atomic mass is 16.4. The molecule has 0 aliphatic heterocycles. The van der Waals surface area contributed by atoms with Crippen molar-refractivity contribution in [1.29, 1.82) is 5.26 Å². The molecule has 0 amide bonds. The summed E-state index contributed by atoms with van der Waals surface area (Å²) >= 11 is 0. The molecule has 0 atom stereocenters. The summed E-state index contributed by atoms with van der Waals surface area (Å²) in [6, 6.07) is 9.67. The number of carbonyl (C=O) groups is 1. The monoisotopic (exact) mass is 241 g/mol. The van der Waals surface area contributed by atoms with Gasteiger partial charge in [0.25, 0.3) is 0 Å². The van der Waals surface area contributed by atoms with E-state index in [0.717, 1.165) is 18.4 Å². The zero-order valence-electron chi connectivity index (χ0n) is 10.3. The fourth-order valence-corrected chi connectivity index (χ4v) is 1.50. The van der Waals surface area contributed by atoms with Crippen molar-refractivity contribution in [3.05, 3.63) is 53.1 Å². The Morgan fingerprint density at radius 1 is 1.39 bits per heavy atom. The van der Waals surface area contributed by atoms with E-state index in [0.29, 0.717) is 0 Å². The van der Waals surface area contributed by atoms with Gasteiger partial charge in [0.15, 0.2) is 0 Å². The van der Waals surface area contributed by atoms with Gasteiger partial charge in [-0.05, 0) is 23.6 Å². The number of carboxylic acid groups (broad SMARTS) is 1. The van der Waals surface area contributed by atoms with Gasteiger partial charge in [-0.15, -0.1) is 0 Å². The van der Waals surface area contributed by atoms with Crippen molar-refractivity contribution in [1.82, 2.24) is 0 Å². The Hall–Kier alpha value is -2.34. The van der Waals surface area contributed by atoms with Crippen molar-refractivity contribution in [2.24, 2.45) is 0 Å². The van der Waals surface area contributed by atoms with Crippen LogP contribution >= 0.6 is 0 Å². The molecule has 92 valence electrons. The lowest BCUT2D eigenvalue weighted by Crippen LogP contribution is -1.96. The van der Waals surface area contributed by atoms with E-state index in [1.165, 1.54) is 11.6 Å². The highest BCUT2D eigenvalue weighted by Crippen LogP contribution is 2.08. The highest BCUT2D eigenvalue weighted by Gasteiger charge is 2.02. The van der Waals surface area contributed by atoms with E-state index in [1.54, 1.807) is 18.2 Å². The second-order valence-corrected chi connectivity index (χ2v) is 3.85. The molecular weight excluding hydrogens is 226 g/mol. The summed E-state index contributed by atoms with van der Waals surface area (Å²) in [5.41, 5.74) is 2.00. The Kier molecular flexibility index (Phi) is 5.40. The quantitative estimate of drug-likeness (QED) is 0.489. The predicted octanol–water partition coefficient (Wildman–Crippen LogP) is 3.19. The van der Waals surface area contributed by atoms with Crippen LogP contribution in [-0.2, 0) is 11.2 Å². The van der Waals surface area contributed by atoms with Gasteiger partial charge in [0.2, 0.25) is 0 Å². The molecule has 0 aliphatic rings. The molecule has 0 spiro atoms. The summed E-state index contributed by atoms with van der Waals surface area (Å²) in [6.07, 6.45) is 6.81. The first-order valence-corrected chi connectivity index (χ1v) is 5.78. The second kappa shape index (κ2) is 7.08. The number of aliphatic carboxylic acids is 1. The Balaban J connectivity index is 2.73. The number of hydrogen-bond acceptors (Lipinski definition) is 2. The molecule has 0 saturated heterocycles. The Morgan fingerprint density at radius 3 is 2.56 bits per heavy atom. The molecule has 0 aliphatic carbocycles. The molecule has 0 radical (unpaired) electrons. The molecule has 1 aromatic carbocycles. The number of aryl methyl sites for hydroxylation is 1. The fraction of sp³-hybridized carbons (Fsp3) is 0.200. The van der Waals surface area contributed by atoms with Crippen LogP contribution in [0.1, 0.15) is 24.5 Å². The summed E-state index contributed by atoms with van der Waals surface area (Å²) in [5.74, 6) is -1.21. The Bertz CT molecular complexity index is 504. The maximum atomic E-state index is 10.6. The molecule has 0 heterocycles. The average Bonchev–Trinajstić information content (AvgIpc) is 2.36. The minimum atomic E-state index is -1.21. The van der Waals surface area contributed by atoms with Crippen molar-refractivity contribution in [2.45, 2.75) is 19.8 Å². The number of carboxylic acids is 1. The Morgan fingerprint density at radius 2 is 2.06 bits per heavy atom. The van der Waals surface area contributed by atoms with Gasteiger partial charge < -0.3 is 5.11 Å². The van der Waals surface area contributed by atoms with Gasteiger partial charge in [-0.1, -0.05) is 49.8 Å². The Labute approximate surface area is 107 Å². The molecule has 0 fully saturated rings. The molecule has 1 rings (SSSR count). The van der Waals surface area contributed by atoms with Crippen LogP contribution in [0.25, 0.3) is 6.08 Å². The van der Waals surface area contributed by atoms with Crippen LogP contribution in [0, 0.1) is 11.3 Å². The van der Waals surface area contributed by atoms with E-state index in [-0.39, 0.29) is 5.57 Å². The average molecular weight is 241 g/mol. The van der Waals surface area contributed by atoms with Crippen molar-refractivity contribution in [2.75, 3.05) is 0 Å². The number of nitriles is 1. The molecule has 0 bridgehead atoms. The normalized spacial score (nSPS) is 11.4. The van der Waals surface area contributed by atoms with Gasteiger partial charge in [0.1, 0.15) is 11.6 Å². The summed E-state index contributed by atoms with van der Waals surface area (Å²) in [4.78, 5) is 10.6. The minimum Gasteiger partial charge on any atom is -0.477 e. The van der Waals surface area contributed by atoms with Gasteiger partial charge in [0.05, 0.1) is 0 Å². The standard InChI is InChI=1S/C15H15NO2/c1-2-4-12-7-9-13(10-8-12)5-3-6-14(11-16)15(17)18/h3,5-10H,2,4H2,1H3,(H,17,18). The topological polar surface area (TPSA) is 61.1 Å². The molecule has 0 aromatic heterocycles. The number of hydrogen-bond donors (Lipinski definition) is 1. The maximum Gasteiger partial charge on any atom is 0.346 e. The van der Waals surface area contributed by atoms with Gasteiger partial charge >= 0.3 is 5.97 Å². The molecule has 3 nitrogen and oxygen atoms in total. The lowest BCUT2D eigenvalue weighted by Gasteiger charge is -1.98. The zero-order valence-corrected chi connectivity index (χ0v) is 10.3. The van der Waals surface area contributed by atoms with Crippen molar-refractivity contribution >= 4 is 12.0 Å². The number of benzene rings is 1. The maximum absolute atomic E-state index is 10.6. The molecule has 1 aromatic rings.